The number of piperazine rings is 1. The number of benzene rings is 1. The maximum absolute atomic E-state index is 10.4. The van der Waals surface area contributed by atoms with Crippen LogP contribution >= 0.6 is 0 Å². The zero-order chi connectivity index (χ0) is 14.1. The standard InChI is InChI=1S/C15H22N4O/c1-17-5-7-19(8-6-17)10-15(20)12-3-4-14-13(9-12)16-11-18(14)2/h3-4,9,11,15,20H,5-8,10H2,1-2H3. The Labute approximate surface area is 119 Å². The SMILES string of the molecule is CN1CCN(CC(O)c2ccc3c(c2)ncn3C)CC1. The van der Waals surface area contributed by atoms with Gasteiger partial charge in [-0.05, 0) is 24.7 Å². The van der Waals surface area contributed by atoms with Crippen LogP contribution in [0.1, 0.15) is 11.7 Å². The van der Waals surface area contributed by atoms with E-state index in [-0.39, 0.29) is 0 Å². The van der Waals surface area contributed by atoms with E-state index >= 15 is 0 Å². The Balaban J connectivity index is 1.70. The topological polar surface area (TPSA) is 44.5 Å². The van der Waals surface area contributed by atoms with Gasteiger partial charge in [0, 0.05) is 39.8 Å². The molecule has 0 aliphatic carbocycles. The van der Waals surface area contributed by atoms with E-state index in [2.05, 4.69) is 21.8 Å². The van der Waals surface area contributed by atoms with Crippen molar-refractivity contribution in [3.8, 4) is 0 Å². The van der Waals surface area contributed by atoms with E-state index in [1.807, 2.05) is 29.8 Å². The molecule has 1 aliphatic rings. The van der Waals surface area contributed by atoms with Crippen LogP contribution in [0.15, 0.2) is 24.5 Å². The van der Waals surface area contributed by atoms with E-state index in [9.17, 15) is 5.11 Å². The molecule has 3 rings (SSSR count). The summed E-state index contributed by atoms with van der Waals surface area (Å²) in [7, 11) is 4.12. The summed E-state index contributed by atoms with van der Waals surface area (Å²) in [6.07, 6.45) is 1.37. The molecule has 1 atom stereocenters. The van der Waals surface area contributed by atoms with Crippen molar-refractivity contribution in [1.82, 2.24) is 19.4 Å². The zero-order valence-electron chi connectivity index (χ0n) is 12.2. The van der Waals surface area contributed by atoms with Crippen LogP contribution in [0.4, 0.5) is 0 Å². The van der Waals surface area contributed by atoms with Crippen molar-refractivity contribution in [2.45, 2.75) is 6.10 Å². The van der Waals surface area contributed by atoms with Gasteiger partial charge in [-0.3, -0.25) is 4.90 Å². The lowest BCUT2D eigenvalue weighted by Gasteiger charge is -2.33. The predicted octanol–water partition coefficient (Wildman–Crippen LogP) is 0.854. The Kier molecular flexibility index (Phi) is 3.74. The average molecular weight is 274 g/mol. The largest absolute Gasteiger partial charge is 0.387 e. The van der Waals surface area contributed by atoms with Gasteiger partial charge in [-0.2, -0.15) is 0 Å². The summed E-state index contributed by atoms with van der Waals surface area (Å²) in [4.78, 5) is 9.00. The van der Waals surface area contributed by atoms with Crippen LogP contribution in [-0.4, -0.2) is 64.2 Å². The molecule has 2 heterocycles. The smallest absolute Gasteiger partial charge is 0.0955 e. The number of imidazole rings is 1. The molecular weight excluding hydrogens is 252 g/mol. The van der Waals surface area contributed by atoms with Crippen molar-refractivity contribution in [3.05, 3.63) is 30.1 Å². The fraction of sp³-hybridized carbons (Fsp3) is 0.533. The van der Waals surface area contributed by atoms with E-state index in [0.717, 1.165) is 42.8 Å². The molecule has 2 aromatic rings. The molecule has 1 saturated heterocycles. The Morgan fingerprint density at radius 3 is 2.70 bits per heavy atom. The number of hydrogen-bond acceptors (Lipinski definition) is 4. The summed E-state index contributed by atoms with van der Waals surface area (Å²) >= 11 is 0. The van der Waals surface area contributed by atoms with Crippen molar-refractivity contribution >= 4 is 11.0 Å². The fourth-order valence-corrected chi connectivity index (χ4v) is 2.74. The number of hydrogen-bond donors (Lipinski definition) is 1. The highest BCUT2D eigenvalue weighted by Crippen LogP contribution is 2.20. The predicted molar refractivity (Wildman–Crippen MR) is 79.6 cm³/mol. The van der Waals surface area contributed by atoms with E-state index in [1.54, 1.807) is 6.33 Å². The molecule has 1 fully saturated rings. The minimum Gasteiger partial charge on any atom is -0.387 e. The number of nitrogens with zero attached hydrogens (tertiary/aromatic N) is 4. The van der Waals surface area contributed by atoms with Gasteiger partial charge in [0.1, 0.15) is 0 Å². The van der Waals surface area contributed by atoms with Gasteiger partial charge >= 0.3 is 0 Å². The average Bonchev–Trinajstić information content (AvgIpc) is 2.82. The van der Waals surface area contributed by atoms with Crippen LogP contribution < -0.4 is 0 Å². The minimum atomic E-state index is -0.440. The van der Waals surface area contributed by atoms with Gasteiger partial charge in [-0.15, -0.1) is 0 Å². The van der Waals surface area contributed by atoms with Crippen molar-refractivity contribution in [2.24, 2.45) is 7.05 Å². The lowest BCUT2D eigenvalue weighted by molar-refractivity contribution is 0.0806. The van der Waals surface area contributed by atoms with Crippen LogP contribution in [0.25, 0.3) is 11.0 Å². The third kappa shape index (κ3) is 2.70. The molecule has 1 aliphatic heterocycles. The molecule has 1 unspecified atom stereocenters. The molecule has 0 amide bonds. The summed E-state index contributed by atoms with van der Waals surface area (Å²) in [6.45, 7) is 4.91. The highest BCUT2D eigenvalue weighted by molar-refractivity contribution is 5.76. The van der Waals surface area contributed by atoms with Crippen molar-refractivity contribution in [3.63, 3.8) is 0 Å². The van der Waals surface area contributed by atoms with E-state index < -0.39 is 6.10 Å². The third-order valence-corrected chi connectivity index (χ3v) is 4.16. The first-order chi connectivity index (χ1) is 9.63. The summed E-state index contributed by atoms with van der Waals surface area (Å²) in [5.74, 6) is 0. The molecule has 1 N–H and O–H groups in total. The lowest BCUT2D eigenvalue weighted by Crippen LogP contribution is -2.45. The molecular formula is C15H22N4O. The van der Waals surface area contributed by atoms with Crippen molar-refractivity contribution in [2.75, 3.05) is 39.8 Å². The number of fused-ring (bicyclic) bond motifs is 1. The molecule has 0 saturated carbocycles. The van der Waals surface area contributed by atoms with Gasteiger partial charge in [0.2, 0.25) is 0 Å². The molecule has 20 heavy (non-hydrogen) atoms. The van der Waals surface area contributed by atoms with Crippen LogP contribution in [0.5, 0.6) is 0 Å². The second-order valence-corrected chi connectivity index (χ2v) is 5.72. The van der Waals surface area contributed by atoms with Gasteiger partial charge in [0.25, 0.3) is 0 Å². The number of aliphatic hydroxyl groups excluding tert-OH is 1. The first-order valence-electron chi connectivity index (χ1n) is 7.13. The van der Waals surface area contributed by atoms with Gasteiger partial charge in [0.15, 0.2) is 0 Å². The first-order valence-corrected chi connectivity index (χ1v) is 7.13. The second kappa shape index (κ2) is 5.52. The second-order valence-electron chi connectivity index (χ2n) is 5.72. The summed E-state index contributed by atoms with van der Waals surface area (Å²) in [5, 5.41) is 10.4. The van der Waals surface area contributed by atoms with Gasteiger partial charge in [-0.1, -0.05) is 6.07 Å². The highest BCUT2D eigenvalue weighted by atomic mass is 16.3. The number of β-amino-alcohol motifs (C(OH)–C–C–N with tert-alkyl or cyclic N) is 1. The maximum atomic E-state index is 10.4. The molecule has 0 bridgehead atoms. The van der Waals surface area contributed by atoms with Crippen LogP contribution in [0.3, 0.4) is 0 Å². The molecule has 1 aromatic heterocycles. The monoisotopic (exact) mass is 274 g/mol. The van der Waals surface area contributed by atoms with Crippen LogP contribution in [0, 0.1) is 0 Å². The third-order valence-electron chi connectivity index (χ3n) is 4.16. The molecule has 0 radical (unpaired) electrons. The zero-order valence-corrected chi connectivity index (χ0v) is 12.2. The quantitative estimate of drug-likeness (QED) is 0.901. The van der Waals surface area contributed by atoms with Crippen LogP contribution in [0.2, 0.25) is 0 Å². The molecule has 108 valence electrons. The van der Waals surface area contributed by atoms with E-state index in [0.29, 0.717) is 6.54 Å². The van der Waals surface area contributed by atoms with Gasteiger partial charge < -0.3 is 14.6 Å². The Morgan fingerprint density at radius 1 is 1.20 bits per heavy atom. The molecule has 5 nitrogen and oxygen atoms in total. The Hall–Kier alpha value is -1.43. The summed E-state index contributed by atoms with van der Waals surface area (Å²) < 4.78 is 1.99. The Bertz CT molecular complexity index is 587. The maximum Gasteiger partial charge on any atom is 0.0955 e. The minimum absolute atomic E-state index is 0.440. The van der Waals surface area contributed by atoms with E-state index in [1.165, 1.54) is 0 Å². The fourth-order valence-electron chi connectivity index (χ4n) is 2.74. The van der Waals surface area contributed by atoms with Crippen molar-refractivity contribution < 1.29 is 5.11 Å². The van der Waals surface area contributed by atoms with Crippen LogP contribution in [-0.2, 0) is 7.05 Å². The normalized spacial score (nSPS) is 19.6. The number of aliphatic hydroxyl groups is 1. The number of aryl methyl sites for hydroxylation is 1. The van der Waals surface area contributed by atoms with Gasteiger partial charge in [-0.25, -0.2) is 4.98 Å². The summed E-state index contributed by atoms with van der Waals surface area (Å²) in [6, 6.07) is 6.03. The number of rotatable bonds is 3. The lowest BCUT2D eigenvalue weighted by atomic mass is 10.1. The highest BCUT2D eigenvalue weighted by Gasteiger charge is 2.18. The van der Waals surface area contributed by atoms with E-state index in [4.69, 9.17) is 0 Å². The molecule has 0 spiro atoms. The molecule has 1 aromatic carbocycles. The molecule has 5 heteroatoms. The summed E-state index contributed by atoms with van der Waals surface area (Å²) in [5.41, 5.74) is 3.00. The number of likely N-dealkylation sites (N-methyl/N-ethyl adjacent to an activating group) is 1. The first kappa shape index (κ1) is 13.5. The van der Waals surface area contributed by atoms with Crippen molar-refractivity contribution in [1.29, 1.82) is 0 Å². The van der Waals surface area contributed by atoms with Gasteiger partial charge in [0.05, 0.1) is 23.5 Å². The number of aromatic nitrogens is 2. The Morgan fingerprint density at radius 2 is 1.95 bits per heavy atom.